The van der Waals surface area contributed by atoms with E-state index in [4.69, 9.17) is 13.9 Å². The molecular weight excluding hydrogens is 484 g/mol. The zero-order valence-corrected chi connectivity index (χ0v) is 22.4. The predicted molar refractivity (Wildman–Crippen MR) is 151 cm³/mol. The molecular formula is C34H31N2O3+. The van der Waals surface area contributed by atoms with Crippen molar-refractivity contribution in [2.75, 3.05) is 13.2 Å². The van der Waals surface area contributed by atoms with Crippen molar-refractivity contribution in [3.8, 4) is 28.5 Å². The summed E-state index contributed by atoms with van der Waals surface area (Å²) in [7, 11) is 2.05. The first-order valence-corrected chi connectivity index (χ1v) is 13.8. The van der Waals surface area contributed by atoms with E-state index in [1.54, 1.807) is 0 Å². The van der Waals surface area contributed by atoms with Crippen LogP contribution in [0.25, 0.3) is 44.3 Å². The lowest BCUT2D eigenvalue weighted by atomic mass is 9.78. The van der Waals surface area contributed by atoms with E-state index in [-0.39, 0.29) is 5.92 Å². The van der Waals surface area contributed by atoms with Crippen LogP contribution in [0.5, 0.6) is 0 Å². The first-order valence-electron chi connectivity index (χ1n) is 13.8. The lowest BCUT2D eigenvalue weighted by Crippen LogP contribution is -2.40. The summed E-state index contributed by atoms with van der Waals surface area (Å²) in [5.41, 5.74) is 8.55. The number of aromatic nitrogens is 1. The molecule has 1 aliphatic carbocycles. The summed E-state index contributed by atoms with van der Waals surface area (Å²) in [6.45, 7) is 3.44. The number of ether oxygens (including phenoxy) is 2. The maximum Gasteiger partial charge on any atom is 0.216 e. The van der Waals surface area contributed by atoms with E-state index in [1.165, 1.54) is 12.0 Å². The predicted octanol–water partition coefficient (Wildman–Crippen LogP) is 7.33. The van der Waals surface area contributed by atoms with Gasteiger partial charge in [-0.2, -0.15) is 5.26 Å². The summed E-state index contributed by atoms with van der Waals surface area (Å²) in [5.74, 6) is -0.268. The van der Waals surface area contributed by atoms with Crippen LogP contribution < -0.4 is 4.57 Å². The summed E-state index contributed by atoms with van der Waals surface area (Å²) in [6, 6.07) is 25.4. The number of benzene rings is 3. The Kier molecular flexibility index (Phi) is 5.77. The molecule has 7 rings (SSSR count). The third-order valence-corrected chi connectivity index (χ3v) is 8.63. The van der Waals surface area contributed by atoms with Gasteiger partial charge in [0.2, 0.25) is 5.69 Å². The van der Waals surface area contributed by atoms with Gasteiger partial charge in [-0.25, -0.2) is 4.57 Å². The van der Waals surface area contributed by atoms with Gasteiger partial charge >= 0.3 is 0 Å². The van der Waals surface area contributed by atoms with Crippen LogP contribution >= 0.6 is 0 Å². The van der Waals surface area contributed by atoms with Crippen LogP contribution in [0.15, 0.2) is 77.3 Å². The average Bonchev–Trinajstić information content (AvgIpc) is 3.58. The van der Waals surface area contributed by atoms with Crippen LogP contribution in [0.1, 0.15) is 48.3 Å². The van der Waals surface area contributed by atoms with E-state index in [9.17, 15) is 5.26 Å². The number of rotatable bonds is 3. The maximum absolute atomic E-state index is 10.1. The molecule has 1 atom stereocenters. The van der Waals surface area contributed by atoms with Crippen LogP contribution in [-0.4, -0.2) is 19.0 Å². The zero-order valence-electron chi connectivity index (χ0n) is 22.4. The molecule has 1 aliphatic heterocycles. The summed E-state index contributed by atoms with van der Waals surface area (Å²) in [6.07, 6.45) is 6.36. The van der Waals surface area contributed by atoms with Crippen molar-refractivity contribution in [3.63, 3.8) is 0 Å². The molecule has 2 aliphatic rings. The molecule has 5 nitrogen and oxygen atoms in total. The second-order valence-electron chi connectivity index (χ2n) is 10.8. The van der Waals surface area contributed by atoms with E-state index in [0.717, 1.165) is 69.1 Å². The summed E-state index contributed by atoms with van der Waals surface area (Å²) in [5, 5.41) is 12.2. The summed E-state index contributed by atoms with van der Waals surface area (Å²) in [4.78, 5) is 0. The Balaban J connectivity index is 1.39. The molecule has 1 unspecified atom stereocenters. The van der Waals surface area contributed by atoms with Crippen molar-refractivity contribution >= 4 is 21.9 Å². The van der Waals surface area contributed by atoms with Gasteiger partial charge in [0.15, 0.2) is 12.0 Å². The Morgan fingerprint density at radius 3 is 2.36 bits per heavy atom. The zero-order chi connectivity index (χ0) is 26.6. The van der Waals surface area contributed by atoms with Gasteiger partial charge < -0.3 is 13.9 Å². The average molecular weight is 516 g/mol. The Morgan fingerprint density at radius 2 is 1.62 bits per heavy atom. The second kappa shape index (κ2) is 9.34. The minimum absolute atomic E-state index is 0.220. The highest BCUT2D eigenvalue weighted by molar-refractivity contribution is 6.14. The van der Waals surface area contributed by atoms with Gasteiger partial charge in [-0.3, -0.25) is 0 Å². The van der Waals surface area contributed by atoms with E-state index in [0.29, 0.717) is 18.8 Å². The number of hydrogen-bond donors (Lipinski definition) is 0. The van der Waals surface area contributed by atoms with Crippen molar-refractivity contribution in [2.45, 2.75) is 44.3 Å². The Morgan fingerprint density at radius 1 is 0.872 bits per heavy atom. The molecule has 0 bridgehead atoms. The van der Waals surface area contributed by atoms with E-state index in [2.05, 4.69) is 79.3 Å². The normalized spacial score (nSPS) is 18.6. The highest BCUT2D eigenvalue weighted by Gasteiger charge is 2.46. The third kappa shape index (κ3) is 3.78. The Labute approximate surface area is 228 Å². The smallest absolute Gasteiger partial charge is 0.216 e. The number of furan rings is 1. The van der Waals surface area contributed by atoms with Crippen LogP contribution in [-0.2, 0) is 16.5 Å². The molecule has 5 heteroatoms. The van der Waals surface area contributed by atoms with Gasteiger partial charge in [-0.05, 0) is 54.7 Å². The maximum atomic E-state index is 10.1. The van der Waals surface area contributed by atoms with Crippen LogP contribution in [0, 0.1) is 18.3 Å². The lowest BCUT2D eigenvalue weighted by molar-refractivity contribution is -0.660. The van der Waals surface area contributed by atoms with Crippen LogP contribution in [0.4, 0.5) is 0 Å². The Hall–Kier alpha value is -3.98. The monoisotopic (exact) mass is 515 g/mol. The number of nitriles is 1. The van der Waals surface area contributed by atoms with Crippen molar-refractivity contribution in [1.29, 1.82) is 5.26 Å². The molecule has 194 valence electrons. The molecule has 2 aromatic heterocycles. The van der Waals surface area contributed by atoms with Gasteiger partial charge in [0.05, 0.1) is 30.4 Å². The number of nitrogens with zero attached hydrogens (tertiary/aromatic N) is 2. The fourth-order valence-corrected chi connectivity index (χ4v) is 6.72. The standard InChI is InChI=1S/C34H31N2O3/c1-22-9-15-26-27-16-14-25(21-35)31(33(27)39-32(26)30(22)29-8-4-6-18-36(29)2)24-12-10-23(11-13-24)28-7-3-5-17-34(28)37-19-20-38-34/h4,6,8-16,18,28H,3,5,7,17,19-20H2,1-2H3/q+1. The SMILES string of the molecule is Cc1ccc2c(oc3c(-c4ccc(C5CCCCC56OCCO6)cc4)c(C#N)ccc32)c1-c1cccc[n+]1C. The molecule has 1 saturated heterocycles. The van der Waals surface area contributed by atoms with E-state index in [1.807, 2.05) is 18.2 Å². The third-order valence-electron chi connectivity index (χ3n) is 8.63. The molecule has 39 heavy (non-hydrogen) atoms. The minimum Gasteiger partial charge on any atom is -0.454 e. The van der Waals surface area contributed by atoms with Crippen LogP contribution in [0.2, 0.25) is 0 Å². The van der Waals surface area contributed by atoms with Gasteiger partial charge in [-0.15, -0.1) is 0 Å². The topological polar surface area (TPSA) is 59.3 Å². The minimum atomic E-state index is -0.488. The van der Waals surface area contributed by atoms with E-state index >= 15 is 0 Å². The molecule has 0 radical (unpaired) electrons. The molecule has 1 spiro atoms. The quantitative estimate of drug-likeness (QED) is 0.236. The van der Waals surface area contributed by atoms with Gasteiger partial charge in [0, 0.05) is 40.8 Å². The molecule has 3 heterocycles. The highest BCUT2D eigenvalue weighted by Crippen LogP contribution is 2.47. The molecule has 0 N–H and O–H groups in total. The summed E-state index contributed by atoms with van der Waals surface area (Å²) >= 11 is 0. The summed E-state index contributed by atoms with van der Waals surface area (Å²) < 4.78 is 21.2. The number of pyridine rings is 1. The number of hydrogen-bond acceptors (Lipinski definition) is 4. The van der Waals surface area contributed by atoms with Crippen LogP contribution in [0.3, 0.4) is 0 Å². The first kappa shape index (κ1) is 24.1. The Bertz CT molecular complexity index is 1750. The number of fused-ring (bicyclic) bond motifs is 3. The molecule has 0 amide bonds. The molecule has 3 aromatic carbocycles. The van der Waals surface area contributed by atoms with Crippen molar-refractivity contribution in [1.82, 2.24) is 0 Å². The largest absolute Gasteiger partial charge is 0.454 e. The first-order chi connectivity index (χ1) is 19.1. The molecule has 5 aromatic rings. The lowest BCUT2D eigenvalue weighted by Gasteiger charge is -2.39. The second-order valence-corrected chi connectivity index (χ2v) is 10.8. The van der Waals surface area contributed by atoms with Crippen molar-refractivity contribution in [3.05, 3.63) is 89.6 Å². The fourth-order valence-electron chi connectivity index (χ4n) is 6.72. The highest BCUT2D eigenvalue weighted by atomic mass is 16.7. The number of aryl methyl sites for hydroxylation is 2. The molecule has 2 fully saturated rings. The molecule has 1 saturated carbocycles. The van der Waals surface area contributed by atoms with Gasteiger partial charge in [0.1, 0.15) is 18.2 Å². The van der Waals surface area contributed by atoms with Gasteiger partial charge in [-0.1, -0.05) is 42.8 Å². The van der Waals surface area contributed by atoms with Gasteiger partial charge in [0.25, 0.3) is 0 Å². The fraction of sp³-hybridized carbons (Fsp3) is 0.294. The van der Waals surface area contributed by atoms with Crippen molar-refractivity contribution in [2.24, 2.45) is 7.05 Å². The van der Waals surface area contributed by atoms with E-state index < -0.39 is 5.79 Å². The van der Waals surface area contributed by atoms with Crippen molar-refractivity contribution < 1.29 is 18.5 Å².